The molecular formula is C12H18O6S. The molecule has 2 N–H and O–H groups in total. The quantitative estimate of drug-likeness (QED) is 0.763. The predicted octanol–water partition coefficient (Wildman–Crippen LogP) is 1.62. The van der Waals surface area contributed by atoms with Crippen molar-refractivity contribution >= 4 is 16.4 Å². The van der Waals surface area contributed by atoms with E-state index in [1.165, 1.54) is 0 Å². The number of aliphatic carboxylic acids is 1. The summed E-state index contributed by atoms with van der Waals surface area (Å²) in [5.41, 5.74) is -1.21. The van der Waals surface area contributed by atoms with Crippen molar-refractivity contribution in [2.24, 2.45) is 17.3 Å². The molecule has 108 valence electrons. The molecule has 6 nitrogen and oxygen atoms in total. The Kier molecular flexibility index (Phi) is 2.75. The smallest absolute Gasteiger partial charge is 0.397 e. The van der Waals surface area contributed by atoms with Crippen LogP contribution >= 0.6 is 0 Å². The molecule has 4 bridgehead atoms. The summed E-state index contributed by atoms with van der Waals surface area (Å²) < 4.78 is 36.1. The second kappa shape index (κ2) is 3.93. The summed E-state index contributed by atoms with van der Waals surface area (Å²) in [5, 5.41) is 9.08. The largest absolute Gasteiger partial charge is 0.481 e. The molecule has 4 aliphatic carbocycles. The standard InChI is InChI=1S/C12H18O6S/c13-10(14)6-11-2-8-1-9(3-11)5-12(4-8,7-11)18-19(15,16)17/h8-9H,1-7H2,(H,13,14)(H,15,16,17). The minimum Gasteiger partial charge on any atom is -0.481 e. The Morgan fingerprint density at radius 3 is 2.26 bits per heavy atom. The number of carbonyl (C=O) groups is 1. The first-order chi connectivity index (χ1) is 8.69. The Balaban J connectivity index is 1.90. The fourth-order valence-corrected chi connectivity index (χ4v) is 5.86. The monoisotopic (exact) mass is 290 g/mol. The SMILES string of the molecule is O=C(O)CC12CC3CC(C1)CC(OS(=O)(=O)O)(C3)C2. The van der Waals surface area contributed by atoms with Gasteiger partial charge >= 0.3 is 16.4 Å². The minimum atomic E-state index is -4.49. The van der Waals surface area contributed by atoms with Crippen LogP contribution in [0.1, 0.15) is 44.9 Å². The summed E-state index contributed by atoms with van der Waals surface area (Å²) in [6, 6.07) is 0. The second-order valence-corrected chi connectivity index (χ2v) is 7.75. The van der Waals surface area contributed by atoms with E-state index in [1.54, 1.807) is 0 Å². The topological polar surface area (TPSA) is 101 Å². The fourth-order valence-electron chi connectivity index (χ4n) is 5.21. The Labute approximate surface area is 112 Å². The van der Waals surface area contributed by atoms with Crippen LogP contribution in [0.25, 0.3) is 0 Å². The zero-order valence-electron chi connectivity index (χ0n) is 10.5. The van der Waals surface area contributed by atoms with Gasteiger partial charge in [0.15, 0.2) is 0 Å². The minimum absolute atomic E-state index is 0.0661. The van der Waals surface area contributed by atoms with Gasteiger partial charge in [-0.15, -0.1) is 0 Å². The molecular weight excluding hydrogens is 272 g/mol. The van der Waals surface area contributed by atoms with E-state index in [0.29, 0.717) is 31.1 Å². The van der Waals surface area contributed by atoms with Crippen LogP contribution in [0, 0.1) is 17.3 Å². The molecule has 0 aromatic carbocycles. The van der Waals surface area contributed by atoms with Crippen molar-refractivity contribution in [3.8, 4) is 0 Å². The summed E-state index contributed by atoms with van der Waals surface area (Å²) in [7, 11) is -4.49. The molecule has 0 radical (unpaired) electrons. The molecule has 19 heavy (non-hydrogen) atoms. The van der Waals surface area contributed by atoms with E-state index in [9.17, 15) is 13.2 Å². The molecule has 0 aromatic heterocycles. The lowest BCUT2D eigenvalue weighted by Gasteiger charge is -2.60. The summed E-state index contributed by atoms with van der Waals surface area (Å²) >= 11 is 0. The van der Waals surface area contributed by atoms with Gasteiger partial charge in [-0.05, 0) is 55.8 Å². The Morgan fingerprint density at radius 2 is 1.79 bits per heavy atom. The number of rotatable bonds is 4. The molecule has 4 fully saturated rings. The third-order valence-corrected chi connectivity index (χ3v) is 5.50. The van der Waals surface area contributed by atoms with Crippen LogP contribution in [0.2, 0.25) is 0 Å². The summed E-state index contributed by atoms with van der Waals surface area (Å²) in [4.78, 5) is 11.1. The Morgan fingerprint density at radius 1 is 1.21 bits per heavy atom. The van der Waals surface area contributed by atoms with Gasteiger partial charge in [0.1, 0.15) is 0 Å². The highest BCUT2D eigenvalue weighted by molar-refractivity contribution is 7.80. The van der Waals surface area contributed by atoms with Gasteiger partial charge < -0.3 is 5.11 Å². The van der Waals surface area contributed by atoms with Gasteiger partial charge in [0.2, 0.25) is 0 Å². The van der Waals surface area contributed by atoms with Crippen LogP contribution in [0.5, 0.6) is 0 Å². The average Bonchev–Trinajstić information content (AvgIpc) is 2.06. The number of carboxylic acids is 1. The van der Waals surface area contributed by atoms with Crippen LogP contribution in [-0.2, 0) is 19.4 Å². The van der Waals surface area contributed by atoms with E-state index in [1.807, 2.05) is 0 Å². The van der Waals surface area contributed by atoms with E-state index in [0.717, 1.165) is 19.3 Å². The van der Waals surface area contributed by atoms with E-state index < -0.39 is 22.0 Å². The first-order valence-electron chi connectivity index (χ1n) is 6.59. The van der Waals surface area contributed by atoms with Crippen molar-refractivity contribution in [1.29, 1.82) is 0 Å². The zero-order valence-corrected chi connectivity index (χ0v) is 11.4. The predicted molar refractivity (Wildman–Crippen MR) is 64.7 cm³/mol. The summed E-state index contributed by atoms with van der Waals surface area (Å²) in [6.45, 7) is 0. The fraction of sp³-hybridized carbons (Fsp3) is 0.917. The number of hydrogen-bond donors (Lipinski definition) is 2. The van der Waals surface area contributed by atoms with Crippen LogP contribution < -0.4 is 0 Å². The second-order valence-electron chi connectivity index (χ2n) is 6.73. The number of carboxylic acid groups (broad SMARTS) is 1. The third kappa shape index (κ3) is 2.51. The molecule has 0 saturated heterocycles. The van der Waals surface area contributed by atoms with Crippen LogP contribution in [0.3, 0.4) is 0 Å². The van der Waals surface area contributed by atoms with Crippen molar-refractivity contribution in [2.45, 2.75) is 50.5 Å². The molecule has 2 atom stereocenters. The normalized spacial score (nSPS) is 44.5. The molecule has 2 unspecified atom stereocenters. The lowest BCUT2D eigenvalue weighted by molar-refractivity contribution is -0.165. The van der Waals surface area contributed by atoms with Crippen molar-refractivity contribution in [3.63, 3.8) is 0 Å². The lowest BCUT2D eigenvalue weighted by Crippen LogP contribution is -2.57. The Hall–Kier alpha value is -0.660. The summed E-state index contributed by atoms with van der Waals surface area (Å²) in [5.74, 6) is -0.200. The van der Waals surface area contributed by atoms with Gasteiger partial charge in [0, 0.05) is 0 Å². The maximum atomic E-state index is 11.1. The van der Waals surface area contributed by atoms with Gasteiger partial charge in [-0.1, -0.05) is 0 Å². The lowest BCUT2D eigenvalue weighted by atomic mass is 9.47. The molecule has 4 rings (SSSR count). The van der Waals surface area contributed by atoms with Gasteiger partial charge in [-0.3, -0.25) is 9.35 Å². The first kappa shape index (κ1) is 13.3. The van der Waals surface area contributed by atoms with Gasteiger partial charge in [0.05, 0.1) is 12.0 Å². The van der Waals surface area contributed by atoms with Gasteiger partial charge in [0.25, 0.3) is 0 Å². The maximum Gasteiger partial charge on any atom is 0.397 e. The van der Waals surface area contributed by atoms with E-state index in [4.69, 9.17) is 13.8 Å². The zero-order chi connectivity index (χ0) is 13.9. The van der Waals surface area contributed by atoms with Gasteiger partial charge in [-0.2, -0.15) is 8.42 Å². The average molecular weight is 290 g/mol. The van der Waals surface area contributed by atoms with E-state index in [-0.39, 0.29) is 11.8 Å². The number of hydrogen-bond acceptors (Lipinski definition) is 4. The highest BCUT2D eigenvalue weighted by Gasteiger charge is 2.60. The molecule has 0 spiro atoms. The molecule has 0 aromatic rings. The van der Waals surface area contributed by atoms with Crippen LogP contribution in [0.15, 0.2) is 0 Å². The molecule has 0 amide bonds. The van der Waals surface area contributed by atoms with Gasteiger partial charge in [-0.25, -0.2) is 4.18 Å². The molecule has 0 heterocycles. The molecule has 4 saturated carbocycles. The van der Waals surface area contributed by atoms with Crippen LogP contribution in [-0.4, -0.2) is 29.6 Å². The molecule has 4 aliphatic rings. The Bertz CT molecular complexity index is 496. The van der Waals surface area contributed by atoms with E-state index >= 15 is 0 Å². The van der Waals surface area contributed by atoms with Crippen molar-refractivity contribution in [3.05, 3.63) is 0 Å². The molecule has 0 aliphatic heterocycles. The van der Waals surface area contributed by atoms with Crippen molar-refractivity contribution in [1.82, 2.24) is 0 Å². The van der Waals surface area contributed by atoms with Crippen LogP contribution in [0.4, 0.5) is 0 Å². The highest BCUT2D eigenvalue weighted by Crippen LogP contribution is 2.64. The van der Waals surface area contributed by atoms with Crippen molar-refractivity contribution < 1.29 is 27.1 Å². The van der Waals surface area contributed by atoms with E-state index in [2.05, 4.69) is 0 Å². The first-order valence-corrected chi connectivity index (χ1v) is 7.96. The molecule has 7 heteroatoms. The summed E-state index contributed by atoms with van der Waals surface area (Å²) in [6.07, 6.45) is 4.43. The maximum absolute atomic E-state index is 11.1. The highest BCUT2D eigenvalue weighted by atomic mass is 32.3. The third-order valence-electron chi connectivity index (χ3n) is 4.94. The van der Waals surface area contributed by atoms with Crippen molar-refractivity contribution in [2.75, 3.05) is 0 Å².